The summed E-state index contributed by atoms with van der Waals surface area (Å²) in [6.45, 7) is 1.93. The fourth-order valence-corrected chi connectivity index (χ4v) is 1.30. The van der Waals surface area contributed by atoms with Crippen LogP contribution in [0.2, 0.25) is 5.15 Å². The van der Waals surface area contributed by atoms with Crippen molar-refractivity contribution in [3.63, 3.8) is 0 Å². The number of pyridine rings is 1. The fraction of sp³-hybridized carbons (Fsp3) is 0.200. The van der Waals surface area contributed by atoms with Crippen LogP contribution >= 0.6 is 11.6 Å². The molecule has 14 heavy (non-hydrogen) atoms. The number of carbonyl (C=O) groups excluding carboxylic acids is 1. The Morgan fingerprint density at radius 2 is 2.43 bits per heavy atom. The first kappa shape index (κ1) is 10.7. The van der Waals surface area contributed by atoms with Crippen molar-refractivity contribution in [1.29, 1.82) is 0 Å². The van der Waals surface area contributed by atoms with E-state index in [1.165, 1.54) is 0 Å². The largest absolute Gasteiger partial charge is 0.369 e. The predicted octanol–water partition coefficient (Wildman–Crippen LogP) is 1.93. The van der Waals surface area contributed by atoms with E-state index in [-0.39, 0.29) is 12.3 Å². The van der Waals surface area contributed by atoms with E-state index in [1.54, 1.807) is 18.3 Å². The van der Waals surface area contributed by atoms with Gasteiger partial charge in [0.05, 0.1) is 0 Å². The van der Waals surface area contributed by atoms with Crippen molar-refractivity contribution >= 4 is 23.6 Å². The minimum absolute atomic E-state index is 0.213. The average Bonchev–Trinajstić information content (AvgIpc) is 2.09. The van der Waals surface area contributed by atoms with E-state index in [0.717, 1.165) is 11.1 Å². The number of rotatable bonds is 3. The Morgan fingerprint density at radius 3 is 3.00 bits per heavy atom. The number of amides is 1. The summed E-state index contributed by atoms with van der Waals surface area (Å²) >= 11 is 5.87. The summed E-state index contributed by atoms with van der Waals surface area (Å²) in [5, 5.41) is 0.436. The molecule has 1 heterocycles. The van der Waals surface area contributed by atoms with E-state index in [2.05, 4.69) is 4.98 Å². The molecule has 0 radical (unpaired) electrons. The van der Waals surface area contributed by atoms with Crippen LogP contribution in [0.25, 0.3) is 6.08 Å². The Balaban J connectivity index is 2.85. The van der Waals surface area contributed by atoms with Crippen LogP contribution in [0.3, 0.4) is 0 Å². The maximum atomic E-state index is 10.5. The molecule has 1 aromatic rings. The van der Waals surface area contributed by atoms with Gasteiger partial charge in [-0.05, 0) is 18.6 Å². The second-order valence-corrected chi connectivity index (χ2v) is 3.26. The lowest BCUT2D eigenvalue weighted by atomic mass is 10.1. The lowest BCUT2D eigenvalue weighted by Crippen LogP contribution is -2.07. The molecular formula is C10H11ClN2O. The molecule has 0 saturated carbocycles. The van der Waals surface area contributed by atoms with Gasteiger partial charge in [0.2, 0.25) is 5.91 Å². The zero-order valence-electron chi connectivity index (χ0n) is 7.83. The predicted molar refractivity (Wildman–Crippen MR) is 56.8 cm³/mol. The van der Waals surface area contributed by atoms with E-state index in [0.29, 0.717) is 5.15 Å². The quantitative estimate of drug-likeness (QED) is 0.776. The van der Waals surface area contributed by atoms with Gasteiger partial charge >= 0.3 is 0 Å². The zero-order chi connectivity index (χ0) is 10.6. The molecule has 0 bridgehead atoms. The van der Waals surface area contributed by atoms with Crippen LogP contribution in [0.4, 0.5) is 0 Å². The minimum Gasteiger partial charge on any atom is -0.369 e. The van der Waals surface area contributed by atoms with Gasteiger partial charge < -0.3 is 5.73 Å². The number of halogens is 1. The van der Waals surface area contributed by atoms with E-state index in [1.807, 2.05) is 13.0 Å². The molecule has 0 fully saturated rings. The third-order valence-corrected chi connectivity index (χ3v) is 2.06. The third-order valence-electron chi connectivity index (χ3n) is 1.76. The molecule has 1 amide bonds. The maximum absolute atomic E-state index is 10.5. The van der Waals surface area contributed by atoms with Crippen molar-refractivity contribution in [2.75, 3.05) is 0 Å². The summed E-state index contributed by atoms with van der Waals surface area (Å²) in [6.07, 6.45) is 5.29. The van der Waals surface area contributed by atoms with Crippen LogP contribution < -0.4 is 5.73 Å². The highest BCUT2D eigenvalue weighted by atomic mass is 35.5. The Labute approximate surface area is 87.6 Å². The number of primary amides is 1. The van der Waals surface area contributed by atoms with Gasteiger partial charge in [0.15, 0.2) is 0 Å². The monoisotopic (exact) mass is 210 g/mol. The molecule has 0 aliphatic carbocycles. The van der Waals surface area contributed by atoms with Gasteiger partial charge in [-0.25, -0.2) is 4.98 Å². The van der Waals surface area contributed by atoms with Gasteiger partial charge in [0.25, 0.3) is 0 Å². The second-order valence-electron chi connectivity index (χ2n) is 2.91. The zero-order valence-corrected chi connectivity index (χ0v) is 8.58. The summed E-state index contributed by atoms with van der Waals surface area (Å²) in [7, 11) is 0. The first-order valence-corrected chi connectivity index (χ1v) is 4.55. The van der Waals surface area contributed by atoms with Gasteiger partial charge in [0, 0.05) is 18.2 Å². The summed E-state index contributed by atoms with van der Waals surface area (Å²) in [5.74, 6) is -0.362. The highest BCUT2D eigenvalue weighted by molar-refractivity contribution is 6.30. The minimum atomic E-state index is -0.362. The van der Waals surface area contributed by atoms with Crippen molar-refractivity contribution in [3.05, 3.63) is 34.6 Å². The van der Waals surface area contributed by atoms with Crippen LogP contribution in [-0.4, -0.2) is 10.9 Å². The topological polar surface area (TPSA) is 56.0 Å². The molecule has 0 aliphatic rings. The number of carbonyl (C=O) groups is 1. The lowest BCUT2D eigenvalue weighted by molar-refractivity contribution is -0.117. The van der Waals surface area contributed by atoms with E-state index < -0.39 is 0 Å². The van der Waals surface area contributed by atoms with Crippen molar-refractivity contribution < 1.29 is 4.79 Å². The molecule has 74 valence electrons. The number of aromatic nitrogens is 1. The third kappa shape index (κ3) is 2.85. The number of aryl methyl sites for hydroxylation is 1. The van der Waals surface area contributed by atoms with Crippen LogP contribution in [0.5, 0.6) is 0 Å². The molecule has 0 spiro atoms. The summed E-state index contributed by atoms with van der Waals surface area (Å²) in [6, 6.07) is 1.86. The normalized spacial score (nSPS) is 10.7. The van der Waals surface area contributed by atoms with Gasteiger partial charge in [-0.1, -0.05) is 23.8 Å². The van der Waals surface area contributed by atoms with Gasteiger partial charge in [-0.3, -0.25) is 4.79 Å². The highest BCUT2D eigenvalue weighted by Crippen LogP contribution is 2.18. The number of nitrogens with zero attached hydrogens (tertiary/aromatic N) is 1. The van der Waals surface area contributed by atoms with Gasteiger partial charge in [0.1, 0.15) is 5.15 Å². The molecule has 0 aliphatic heterocycles. The second kappa shape index (κ2) is 4.77. The van der Waals surface area contributed by atoms with Crippen molar-refractivity contribution in [2.45, 2.75) is 13.3 Å². The summed E-state index contributed by atoms with van der Waals surface area (Å²) < 4.78 is 0. The van der Waals surface area contributed by atoms with Crippen LogP contribution in [0.15, 0.2) is 18.3 Å². The molecule has 0 aromatic carbocycles. The molecule has 4 heteroatoms. The van der Waals surface area contributed by atoms with E-state index >= 15 is 0 Å². The van der Waals surface area contributed by atoms with Crippen molar-refractivity contribution in [3.8, 4) is 0 Å². The molecule has 1 rings (SSSR count). The Hall–Kier alpha value is -1.35. The highest BCUT2D eigenvalue weighted by Gasteiger charge is 2.00. The standard InChI is InChI=1S/C10H11ClN2O/c1-7-5-6-13-10(11)8(7)3-2-4-9(12)14/h2-3,5-6H,4H2,1H3,(H2,12,14). The fourth-order valence-electron chi connectivity index (χ4n) is 1.03. The molecule has 1 aromatic heterocycles. The first-order valence-electron chi connectivity index (χ1n) is 4.17. The molecule has 0 saturated heterocycles. The SMILES string of the molecule is Cc1ccnc(Cl)c1C=CCC(N)=O. The van der Waals surface area contributed by atoms with Gasteiger partial charge in [-0.15, -0.1) is 0 Å². The number of hydrogen-bond donors (Lipinski definition) is 1. The molecule has 2 N–H and O–H groups in total. The maximum Gasteiger partial charge on any atom is 0.221 e. The van der Waals surface area contributed by atoms with Crippen LogP contribution in [-0.2, 0) is 4.79 Å². The van der Waals surface area contributed by atoms with Crippen LogP contribution in [0, 0.1) is 6.92 Å². The summed E-state index contributed by atoms with van der Waals surface area (Å²) in [5.41, 5.74) is 6.84. The van der Waals surface area contributed by atoms with Crippen molar-refractivity contribution in [2.24, 2.45) is 5.73 Å². The Bertz CT molecular complexity index is 354. The van der Waals surface area contributed by atoms with Gasteiger partial charge in [-0.2, -0.15) is 0 Å². The molecular weight excluding hydrogens is 200 g/mol. The van der Waals surface area contributed by atoms with Crippen LogP contribution in [0.1, 0.15) is 17.5 Å². The summed E-state index contributed by atoms with van der Waals surface area (Å²) in [4.78, 5) is 14.4. The molecule has 0 unspecified atom stereocenters. The Morgan fingerprint density at radius 1 is 1.71 bits per heavy atom. The number of hydrogen-bond acceptors (Lipinski definition) is 2. The van der Waals surface area contributed by atoms with Crippen molar-refractivity contribution in [1.82, 2.24) is 4.98 Å². The molecule has 3 nitrogen and oxygen atoms in total. The molecule has 0 atom stereocenters. The first-order chi connectivity index (χ1) is 6.61. The van der Waals surface area contributed by atoms with E-state index in [9.17, 15) is 4.79 Å². The average molecular weight is 211 g/mol. The Kier molecular flexibility index (Phi) is 3.65. The smallest absolute Gasteiger partial charge is 0.221 e. The lowest BCUT2D eigenvalue weighted by Gasteiger charge is -2.00. The van der Waals surface area contributed by atoms with E-state index in [4.69, 9.17) is 17.3 Å². The number of nitrogens with two attached hydrogens (primary N) is 1.